The van der Waals surface area contributed by atoms with Crippen molar-refractivity contribution in [2.75, 3.05) is 0 Å². The summed E-state index contributed by atoms with van der Waals surface area (Å²) in [6.07, 6.45) is 5.07. The molecule has 0 radical (unpaired) electrons. The van der Waals surface area contributed by atoms with Crippen LogP contribution in [0.5, 0.6) is 0 Å². The second-order valence-electron chi connectivity index (χ2n) is 3.71. The summed E-state index contributed by atoms with van der Waals surface area (Å²) in [6.45, 7) is 0. The average molecular weight is 227 g/mol. The zero-order valence-electron chi connectivity index (χ0n) is 8.77. The molecule has 84 valence electrons. The van der Waals surface area contributed by atoms with Crippen LogP contribution in [0.3, 0.4) is 0 Å². The van der Waals surface area contributed by atoms with Gasteiger partial charge in [-0.1, -0.05) is 0 Å². The number of fused-ring (bicyclic) bond motifs is 1. The number of nitrogens with zero attached hydrogens (tertiary/aromatic N) is 1. The molecule has 0 aliphatic heterocycles. The molecule has 1 aromatic carbocycles. The summed E-state index contributed by atoms with van der Waals surface area (Å²) in [5.74, 6) is -0.290. The molecule has 0 bridgehead atoms. The van der Waals surface area contributed by atoms with Crippen LogP contribution >= 0.6 is 0 Å². The second kappa shape index (κ2) is 3.48. The number of carboxylic acid groups (broad SMARTS) is 1. The van der Waals surface area contributed by atoms with Gasteiger partial charge in [-0.25, -0.2) is 9.78 Å². The molecule has 0 spiro atoms. The maximum Gasteiger partial charge on any atom is 0.337 e. The molecule has 3 aromatic rings. The number of benzene rings is 1. The zero-order valence-corrected chi connectivity index (χ0v) is 8.77. The molecule has 0 aliphatic rings. The van der Waals surface area contributed by atoms with Gasteiger partial charge in [-0.2, -0.15) is 0 Å². The van der Waals surface area contributed by atoms with Crippen LogP contribution in [-0.4, -0.2) is 26.0 Å². The fourth-order valence-corrected chi connectivity index (χ4v) is 1.90. The normalized spacial score (nSPS) is 10.8. The lowest BCUT2D eigenvalue weighted by molar-refractivity contribution is 0.0699. The topological polar surface area (TPSA) is 81.8 Å². The molecule has 0 aliphatic carbocycles. The Kier molecular flexibility index (Phi) is 1.98. The van der Waals surface area contributed by atoms with Gasteiger partial charge < -0.3 is 15.1 Å². The summed E-state index contributed by atoms with van der Waals surface area (Å²) in [7, 11) is 0. The minimum absolute atomic E-state index is 0.249. The maximum absolute atomic E-state index is 11.2. The van der Waals surface area contributed by atoms with E-state index in [9.17, 15) is 9.90 Å². The minimum atomic E-state index is -0.953. The first kappa shape index (κ1) is 9.65. The maximum atomic E-state index is 11.2. The Morgan fingerprint density at radius 3 is 2.82 bits per heavy atom. The summed E-state index contributed by atoms with van der Waals surface area (Å²) < 4.78 is 0. The van der Waals surface area contributed by atoms with E-state index in [0.717, 1.165) is 10.9 Å². The van der Waals surface area contributed by atoms with Crippen molar-refractivity contribution in [3.8, 4) is 11.4 Å². The molecule has 0 saturated carbocycles. The molecule has 3 rings (SSSR count). The summed E-state index contributed by atoms with van der Waals surface area (Å²) in [5, 5.41) is 10.0. The first-order valence-corrected chi connectivity index (χ1v) is 5.10. The summed E-state index contributed by atoms with van der Waals surface area (Å²) >= 11 is 0. The highest BCUT2D eigenvalue weighted by Gasteiger charge is 2.13. The summed E-state index contributed by atoms with van der Waals surface area (Å²) in [6, 6.07) is 5.35. The van der Waals surface area contributed by atoms with Crippen LogP contribution in [0.1, 0.15) is 10.4 Å². The molecular weight excluding hydrogens is 218 g/mol. The molecule has 0 fully saturated rings. The third kappa shape index (κ3) is 1.48. The smallest absolute Gasteiger partial charge is 0.337 e. The molecule has 0 amide bonds. The van der Waals surface area contributed by atoms with Gasteiger partial charge in [0.2, 0.25) is 0 Å². The quantitative estimate of drug-likeness (QED) is 0.628. The van der Waals surface area contributed by atoms with Gasteiger partial charge in [-0.3, -0.25) is 0 Å². The fourth-order valence-electron chi connectivity index (χ4n) is 1.90. The van der Waals surface area contributed by atoms with Crippen LogP contribution in [0.25, 0.3) is 22.3 Å². The second-order valence-corrected chi connectivity index (χ2v) is 3.71. The lowest BCUT2D eigenvalue weighted by atomic mass is 10.1. The fraction of sp³-hybridized carbons (Fsp3) is 0. The highest BCUT2D eigenvalue weighted by atomic mass is 16.4. The summed E-state index contributed by atoms with van der Waals surface area (Å²) in [4.78, 5) is 21.2. The van der Waals surface area contributed by atoms with E-state index in [0.29, 0.717) is 11.3 Å². The average Bonchev–Trinajstić information content (AvgIpc) is 2.98. The van der Waals surface area contributed by atoms with Crippen LogP contribution in [0.15, 0.2) is 36.8 Å². The van der Waals surface area contributed by atoms with Gasteiger partial charge >= 0.3 is 5.97 Å². The van der Waals surface area contributed by atoms with Crippen molar-refractivity contribution in [2.45, 2.75) is 0 Å². The zero-order chi connectivity index (χ0) is 11.8. The van der Waals surface area contributed by atoms with Gasteiger partial charge in [-0.15, -0.1) is 0 Å². The molecule has 0 saturated heterocycles. The van der Waals surface area contributed by atoms with Crippen molar-refractivity contribution in [1.29, 1.82) is 0 Å². The number of H-pyrrole nitrogens is 2. The van der Waals surface area contributed by atoms with E-state index < -0.39 is 5.97 Å². The van der Waals surface area contributed by atoms with Crippen LogP contribution in [-0.2, 0) is 0 Å². The minimum Gasteiger partial charge on any atom is -0.478 e. The van der Waals surface area contributed by atoms with Crippen molar-refractivity contribution in [3.05, 3.63) is 42.4 Å². The third-order valence-electron chi connectivity index (χ3n) is 2.66. The number of aromatic amines is 2. The van der Waals surface area contributed by atoms with Crippen LogP contribution in [0.4, 0.5) is 0 Å². The third-order valence-corrected chi connectivity index (χ3v) is 2.66. The van der Waals surface area contributed by atoms with E-state index in [1.165, 1.54) is 0 Å². The van der Waals surface area contributed by atoms with Gasteiger partial charge in [0.05, 0.1) is 11.1 Å². The van der Waals surface area contributed by atoms with Crippen LogP contribution in [0.2, 0.25) is 0 Å². The number of hydrogen-bond acceptors (Lipinski definition) is 2. The Balaban J connectivity index is 2.31. The van der Waals surface area contributed by atoms with Crippen LogP contribution < -0.4 is 0 Å². The molecule has 5 nitrogen and oxygen atoms in total. The Morgan fingerprint density at radius 1 is 1.24 bits per heavy atom. The summed E-state index contributed by atoms with van der Waals surface area (Å²) in [5.41, 5.74) is 1.64. The molecule has 0 unspecified atom stereocenters. The van der Waals surface area contributed by atoms with Gasteiger partial charge in [-0.05, 0) is 18.2 Å². The van der Waals surface area contributed by atoms with E-state index in [1.807, 2.05) is 12.1 Å². The van der Waals surface area contributed by atoms with E-state index in [-0.39, 0.29) is 5.56 Å². The number of aromatic nitrogens is 3. The molecule has 2 heterocycles. The van der Waals surface area contributed by atoms with Crippen molar-refractivity contribution < 1.29 is 9.90 Å². The number of rotatable bonds is 2. The Hall–Kier alpha value is -2.56. The molecule has 0 atom stereocenters. The van der Waals surface area contributed by atoms with Gasteiger partial charge in [0.1, 0.15) is 5.82 Å². The molecular formula is C12H9N3O2. The first-order chi connectivity index (χ1) is 8.25. The largest absolute Gasteiger partial charge is 0.478 e. The lowest BCUT2D eigenvalue weighted by Gasteiger charge is -2.02. The van der Waals surface area contributed by atoms with E-state index in [2.05, 4.69) is 15.0 Å². The molecule has 17 heavy (non-hydrogen) atoms. The van der Waals surface area contributed by atoms with Crippen molar-refractivity contribution >= 4 is 16.9 Å². The SMILES string of the molecule is O=C(O)c1cc(-c2ncc[nH]2)cc2cc[nH]c12. The van der Waals surface area contributed by atoms with E-state index in [4.69, 9.17) is 0 Å². The molecule has 3 N–H and O–H groups in total. The van der Waals surface area contributed by atoms with Gasteiger partial charge in [0.15, 0.2) is 0 Å². The number of nitrogens with one attached hydrogen (secondary N) is 2. The number of carboxylic acids is 1. The van der Waals surface area contributed by atoms with Gasteiger partial charge in [0.25, 0.3) is 0 Å². The van der Waals surface area contributed by atoms with Crippen LogP contribution in [0, 0.1) is 0 Å². The van der Waals surface area contributed by atoms with Gasteiger partial charge in [0, 0.05) is 29.5 Å². The first-order valence-electron chi connectivity index (χ1n) is 5.10. The number of imidazole rings is 1. The predicted molar refractivity (Wildman–Crippen MR) is 62.8 cm³/mol. The highest BCUT2D eigenvalue weighted by Crippen LogP contribution is 2.25. The molecule has 2 aromatic heterocycles. The Bertz CT molecular complexity index is 683. The van der Waals surface area contributed by atoms with Crippen molar-refractivity contribution in [2.24, 2.45) is 0 Å². The Labute approximate surface area is 96.1 Å². The van der Waals surface area contributed by atoms with E-state index in [1.54, 1.807) is 24.7 Å². The monoisotopic (exact) mass is 227 g/mol. The van der Waals surface area contributed by atoms with E-state index >= 15 is 0 Å². The number of hydrogen-bond donors (Lipinski definition) is 3. The lowest BCUT2D eigenvalue weighted by Crippen LogP contribution is -1.98. The van der Waals surface area contributed by atoms with Crippen molar-refractivity contribution in [1.82, 2.24) is 15.0 Å². The number of carbonyl (C=O) groups is 1. The number of aromatic carboxylic acids is 1. The molecule has 5 heteroatoms. The Morgan fingerprint density at radius 2 is 2.12 bits per heavy atom. The van der Waals surface area contributed by atoms with Crippen molar-refractivity contribution in [3.63, 3.8) is 0 Å². The predicted octanol–water partition coefficient (Wildman–Crippen LogP) is 2.26. The highest BCUT2D eigenvalue weighted by molar-refractivity contribution is 6.03. The standard InChI is InChI=1S/C12H9N3O2/c16-12(17)9-6-8(11-14-3-4-15-11)5-7-1-2-13-10(7)9/h1-6,13H,(H,14,15)(H,16,17).